The summed E-state index contributed by atoms with van der Waals surface area (Å²) in [6, 6.07) is 17.0. The van der Waals surface area contributed by atoms with E-state index < -0.39 is 15.9 Å². The van der Waals surface area contributed by atoms with Crippen LogP contribution in [0.4, 0.5) is 5.69 Å². The van der Waals surface area contributed by atoms with Crippen molar-refractivity contribution < 1.29 is 27.9 Å². The Bertz CT molecular complexity index is 1410. The van der Waals surface area contributed by atoms with Crippen LogP contribution in [-0.4, -0.2) is 45.8 Å². The number of hydroxylamine groups is 1. The lowest BCUT2D eigenvalue weighted by Gasteiger charge is -2.28. The number of amides is 1. The molecule has 0 bridgehead atoms. The normalized spacial score (nSPS) is 15.3. The molecule has 9 nitrogen and oxygen atoms in total. The third-order valence-electron chi connectivity index (χ3n) is 6.91. The molecule has 1 unspecified atom stereocenters. The van der Waals surface area contributed by atoms with Gasteiger partial charge in [-0.3, -0.25) is 14.3 Å². The van der Waals surface area contributed by atoms with Crippen LogP contribution >= 0.6 is 15.9 Å². The van der Waals surface area contributed by atoms with Crippen LogP contribution in [0.15, 0.2) is 70.0 Å². The lowest BCUT2D eigenvalue weighted by molar-refractivity contribution is 0.0707. The van der Waals surface area contributed by atoms with E-state index >= 15 is 0 Å². The average Bonchev–Trinajstić information content (AvgIpc) is 2.97. The number of nitrogens with zero attached hydrogens (tertiary/aromatic N) is 1. The van der Waals surface area contributed by atoms with Gasteiger partial charge in [0.25, 0.3) is 15.9 Å². The van der Waals surface area contributed by atoms with E-state index in [0.29, 0.717) is 39.7 Å². The molecule has 3 N–H and O–H groups in total. The summed E-state index contributed by atoms with van der Waals surface area (Å²) in [6.07, 6.45) is 4.54. The Balaban J connectivity index is 1.64. The molecule has 3 aromatic rings. The largest absolute Gasteiger partial charge is 0.497 e. The van der Waals surface area contributed by atoms with Crippen LogP contribution in [0.3, 0.4) is 0 Å². The molecule has 40 heavy (non-hydrogen) atoms. The zero-order chi connectivity index (χ0) is 28.7. The number of hydrogen-bond acceptors (Lipinski definition) is 7. The molecule has 0 spiro atoms. The first kappa shape index (κ1) is 29.9. The summed E-state index contributed by atoms with van der Waals surface area (Å²) < 4.78 is 41.0. The molecule has 1 saturated heterocycles. The smallest absolute Gasteiger partial charge is 0.276 e. The minimum Gasteiger partial charge on any atom is -0.497 e. The number of sulfonamides is 1. The van der Waals surface area contributed by atoms with Crippen molar-refractivity contribution in [2.24, 2.45) is 0 Å². The Morgan fingerprint density at radius 3 is 2.42 bits per heavy atom. The van der Waals surface area contributed by atoms with Crippen molar-refractivity contribution >= 4 is 37.5 Å². The number of carbonyl (C=O) groups is 1. The van der Waals surface area contributed by atoms with Gasteiger partial charge in [-0.05, 0) is 92.4 Å². The minimum atomic E-state index is -4.15. The van der Waals surface area contributed by atoms with Crippen molar-refractivity contribution in [3.8, 4) is 11.5 Å². The van der Waals surface area contributed by atoms with E-state index in [0.717, 1.165) is 19.4 Å². The van der Waals surface area contributed by atoms with Gasteiger partial charge in [0.05, 0.1) is 36.4 Å². The molecule has 1 fully saturated rings. The van der Waals surface area contributed by atoms with Crippen molar-refractivity contribution in [2.75, 3.05) is 24.6 Å². The molecule has 0 radical (unpaired) electrons. The van der Waals surface area contributed by atoms with Crippen LogP contribution in [0.5, 0.6) is 11.5 Å². The molecule has 1 atom stereocenters. The number of anilines is 1. The Morgan fingerprint density at radius 2 is 1.80 bits per heavy atom. The first-order valence-electron chi connectivity index (χ1n) is 13.1. The molecule has 0 aromatic heterocycles. The van der Waals surface area contributed by atoms with E-state index in [4.69, 9.17) is 9.47 Å². The molecule has 1 amide bonds. The monoisotopic (exact) mass is 631 g/mol. The lowest BCUT2D eigenvalue weighted by Crippen LogP contribution is -2.35. The topological polar surface area (TPSA) is 117 Å². The van der Waals surface area contributed by atoms with Crippen molar-refractivity contribution in [1.82, 2.24) is 10.8 Å². The maximum absolute atomic E-state index is 14.0. The summed E-state index contributed by atoms with van der Waals surface area (Å²) in [5, 5.41) is 12.9. The van der Waals surface area contributed by atoms with Gasteiger partial charge in [-0.2, -0.15) is 0 Å². The van der Waals surface area contributed by atoms with Crippen LogP contribution in [0.1, 0.15) is 47.2 Å². The maximum Gasteiger partial charge on any atom is 0.276 e. The van der Waals surface area contributed by atoms with Gasteiger partial charge in [0.15, 0.2) is 0 Å². The summed E-state index contributed by atoms with van der Waals surface area (Å²) >= 11 is 3.36. The van der Waals surface area contributed by atoms with E-state index in [-0.39, 0.29) is 22.7 Å². The zero-order valence-electron chi connectivity index (χ0n) is 22.5. The zero-order valence-corrected chi connectivity index (χ0v) is 24.9. The molecular formula is C29H34BrN3O6S. The molecule has 11 heteroatoms. The first-order chi connectivity index (χ1) is 19.2. The highest BCUT2D eigenvalue weighted by Gasteiger charge is 2.30. The highest BCUT2D eigenvalue weighted by Crippen LogP contribution is 2.35. The molecule has 0 saturated carbocycles. The number of nitrogens with one attached hydrogen (secondary N) is 2. The second-order valence-corrected chi connectivity index (χ2v) is 12.5. The van der Waals surface area contributed by atoms with Crippen molar-refractivity contribution in [3.63, 3.8) is 0 Å². The van der Waals surface area contributed by atoms with Gasteiger partial charge in [-0.1, -0.05) is 34.5 Å². The number of benzene rings is 3. The second kappa shape index (κ2) is 13.5. The molecule has 1 heterocycles. The third-order valence-corrected chi connectivity index (χ3v) is 9.12. The number of methoxy groups -OCH3 is 1. The number of piperidine rings is 1. The van der Waals surface area contributed by atoms with E-state index in [1.54, 1.807) is 30.6 Å². The van der Waals surface area contributed by atoms with Crippen LogP contribution in [-0.2, 0) is 16.6 Å². The maximum atomic E-state index is 14.0. The van der Waals surface area contributed by atoms with E-state index in [9.17, 15) is 18.4 Å². The number of halogens is 1. The predicted molar refractivity (Wildman–Crippen MR) is 157 cm³/mol. The summed E-state index contributed by atoms with van der Waals surface area (Å²) in [7, 11) is -2.65. The van der Waals surface area contributed by atoms with E-state index in [1.807, 2.05) is 24.3 Å². The molecule has 1 aliphatic heterocycles. The molecule has 4 rings (SSSR count). The molecule has 1 aliphatic rings. The van der Waals surface area contributed by atoms with Crippen molar-refractivity contribution in [2.45, 2.75) is 50.1 Å². The fourth-order valence-electron chi connectivity index (χ4n) is 4.81. The SMILES string of the molecule is COc1ccc(S(=O)(=O)N(Cc2ccc(OCCC3CCCCN3)cc2)c2c(C)cc(Br)cc2C(=O)NO)cc1. The number of ether oxygens (including phenoxy) is 2. The van der Waals surface area contributed by atoms with Gasteiger partial charge >= 0.3 is 0 Å². The summed E-state index contributed by atoms with van der Waals surface area (Å²) in [4.78, 5) is 12.7. The predicted octanol–water partition coefficient (Wildman–Crippen LogP) is 5.19. The molecule has 0 aliphatic carbocycles. The number of aryl methyl sites for hydroxylation is 1. The molecular weight excluding hydrogens is 598 g/mol. The van der Waals surface area contributed by atoms with Gasteiger partial charge < -0.3 is 14.8 Å². The minimum absolute atomic E-state index is 0.00253. The van der Waals surface area contributed by atoms with Gasteiger partial charge in [0, 0.05) is 10.5 Å². The quantitative estimate of drug-likeness (QED) is 0.197. The summed E-state index contributed by atoms with van der Waals surface area (Å²) in [5.74, 6) is 0.385. The fourth-order valence-corrected chi connectivity index (χ4v) is 6.91. The van der Waals surface area contributed by atoms with E-state index in [1.165, 1.54) is 42.5 Å². The highest BCUT2D eigenvalue weighted by molar-refractivity contribution is 9.10. The van der Waals surface area contributed by atoms with Crippen LogP contribution < -0.4 is 24.6 Å². The second-order valence-electron chi connectivity index (χ2n) is 9.67. The number of rotatable bonds is 11. The molecule has 3 aromatic carbocycles. The Kier molecular flexibility index (Phi) is 10.1. The Morgan fingerprint density at radius 1 is 1.10 bits per heavy atom. The number of hydrogen-bond donors (Lipinski definition) is 3. The van der Waals surface area contributed by atoms with Gasteiger partial charge in [-0.25, -0.2) is 13.9 Å². The van der Waals surface area contributed by atoms with Crippen LogP contribution in [0.2, 0.25) is 0 Å². The third kappa shape index (κ3) is 7.14. The molecule has 214 valence electrons. The number of carbonyl (C=O) groups excluding carboxylic acids is 1. The fraction of sp³-hybridized carbons (Fsp3) is 0.345. The van der Waals surface area contributed by atoms with Crippen LogP contribution in [0.25, 0.3) is 0 Å². The Hall–Kier alpha value is -3.12. The summed E-state index contributed by atoms with van der Waals surface area (Å²) in [5.41, 5.74) is 3.01. The standard InChI is InChI=1S/C29H34BrN3O6S/c1-20-17-22(30)18-27(29(34)32-35)28(20)33(40(36,37)26-12-10-24(38-2)11-13-26)19-21-6-8-25(9-7-21)39-16-14-23-5-3-4-15-31-23/h6-13,17-18,23,31,35H,3-5,14-16,19H2,1-2H3,(H,32,34). The van der Waals surface area contributed by atoms with Crippen molar-refractivity contribution in [3.05, 3.63) is 81.8 Å². The lowest BCUT2D eigenvalue weighted by atomic mass is 10.0. The van der Waals surface area contributed by atoms with Crippen LogP contribution in [0, 0.1) is 6.92 Å². The van der Waals surface area contributed by atoms with Gasteiger partial charge in [-0.15, -0.1) is 0 Å². The highest BCUT2D eigenvalue weighted by atomic mass is 79.9. The van der Waals surface area contributed by atoms with Gasteiger partial charge in [0.2, 0.25) is 0 Å². The Labute approximate surface area is 243 Å². The average molecular weight is 633 g/mol. The van der Waals surface area contributed by atoms with E-state index in [2.05, 4.69) is 21.2 Å². The first-order valence-corrected chi connectivity index (χ1v) is 15.3. The van der Waals surface area contributed by atoms with Crippen molar-refractivity contribution in [1.29, 1.82) is 0 Å². The van der Waals surface area contributed by atoms with Gasteiger partial charge in [0.1, 0.15) is 11.5 Å². The summed E-state index contributed by atoms with van der Waals surface area (Å²) in [6.45, 7) is 3.29.